The van der Waals surface area contributed by atoms with Gasteiger partial charge in [0, 0.05) is 23.7 Å². The lowest BCUT2D eigenvalue weighted by atomic mass is 9.97. The van der Waals surface area contributed by atoms with Gasteiger partial charge in [-0.15, -0.1) is 11.8 Å². The zero-order chi connectivity index (χ0) is 17.3. The molecule has 0 spiro atoms. The predicted molar refractivity (Wildman–Crippen MR) is 103 cm³/mol. The molecule has 23 heavy (non-hydrogen) atoms. The van der Waals surface area contributed by atoms with E-state index in [0.29, 0.717) is 0 Å². The number of rotatable bonds is 6. The van der Waals surface area contributed by atoms with Gasteiger partial charge in [0.15, 0.2) is 0 Å². The van der Waals surface area contributed by atoms with Gasteiger partial charge >= 0.3 is 0 Å². The molecule has 0 aliphatic heterocycles. The van der Waals surface area contributed by atoms with Crippen molar-refractivity contribution < 1.29 is 0 Å². The van der Waals surface area contributed by atoms with E-state index in [-0.39, 0.29) is 10.8 Å². The van der Waals surface area contributed by atoms with Gasteiger partial charge in [0.1, 0.15) is 0 Å². The summed E-state index contributed by atoms with van der Waals surface area (Å²) in [5.74, 6) is 13.2. The minimum atomic E-state index is 0.135. The van der Waals surface area contributed by atoms with Crippen molar-refractivity contribution in [1.82, 2.24) is 0 Å². The summed E-state index contributed by atoms with van der Waals surface area (Å²) < 4.78 is 0. The van der Waals surface area contributed by atoms with Gasteiger partial charge in [-0.3, -0.25) is 0 Å². The average molecular weight is 311 g/mol. The van der Waals surface area contributed by atoms with Crippen LogP contribution < -0.4 is 0 Å². The van der Waals surface area contributed by atoms with Crippen molar-refractivity contribution in [3.05, 3.63) is 23.3 Å². The second-order valence-electron chi connectivity index (χ2n) is 8.60. The van der Waals surface area contributed by atoms with Crippen molar-refractivity contribution in [2.75, 3.05) is 0 Å². The molecule has 0 nitrogen and oxygen atoms in total. The SMILES string of the molecule is CC(C)(C)C#CCCCC1=CCC(CCCC#CC(C)(C)C)=C1. The first-order valence-corrected chi connectivity index (χ1v) is 9.04. The second kappa shape index (κ2) is 9.03. The van der Waals surface area contributed by atoms with E-state index in [1.54, 1.807) is 5.57 Å². The summed E-state index contributed by atoms with van der Waals surface area (Å²) in [5.41, 5.74) is 3.36. The highest BCUT2D eigenvalue weighted by Gasteiger charge is 2.07. The van der Waals surface area contributed by atoms with Crippen LogP contribution in [0.1, 0.15) is 86.5 Å². The van der Waals surface area contributed by atoms with Gasteiger partial charge < -0.3 is 0 Å². The Morgan fingerprint density at radius 3 is 1.87 bits per heavy atom. The van der Waals surface area contributed by atoms with Gasteiger partial charge in [-0.1, -0.05) is 35.1 Å². The monoisotopic (exact) mass is 310 g/mol. The fourth-order valence-electron chi connectivity index (χ4n) is 2.43. The molecule has 126 valence electrons. The van der Waals surface area contributed by atoms with Crippen molar-refractivity contribution in [2.45, 2.75) is 86.5 Å². The van der Waals surface area contributed by atoms with Gasteiger partial charge in [-0.2, -0.15) is 0 Å². The molecule has 0 aromatic heterocycles. The quantitative estimate of drug-likeness (QED) is 0.379. The Morgan fingerprint density at radius 2 is 1.35 bits per heavy atom. The van der Waals surface area contributed by atoms with Crippen LogP contribution in [0.15, 0.2) is 23.3 Å². The molecular formula is C23H34. The van der Waals surface area contributed by atoms with Crippen LogP contribution >= 0.6 is 0 Å². The van der Waals surface area contributed by atoms with Crippen LogP contribution in [-0.4, -0.2) is 0 Å². The Balaban J connectivity index is 2.21. The average Bonchev–Trinajstić information content (AvgIpc) is 2.83. The Bertz CT molecular complexity index is 548. The molecule has 0 N–H and O–H groups in total. The van der Waals surface area contributed by atoms with Crippen molar-refractivity contribution in [3.63, 3.8) is 0 Å². The second-order valence-corrected chi connectivity index (χ2v) is 8.60. The maximum absolute atomic E-state index is 3.31. The third kappa shape index (κ3) is 10.9. The zero-order valence-electron chi connectivity index (χ0n) is 16.1. The topological polar surface area (TPSA) is 0 Å². The van der Waals surface area contributed by atoms with Gasteiger partial charge in [-0.25, -0.2) is 0 Å². The lowest BCUT2D eigenvalue weighted by Gasteiger charge is -2.06. The van der Waals surface area contributed by atoms with E-state index in [9.17, 15) is 0 Å². The summed E-state index contributed by atoms with van der Waals surface area (Å²) in [6.45, 7) is 13.0. The summed E-state index contributed by atoms with van der Waals surface area (Å²) in [6.07, 6.45) is 12.7. The van der Waals surface area contributed by atoms with Crippen LogP contribution in [-0.2, 0) is 0 Å². The molecule has 0 aromatic rings. The normalized spacial score (nSPS) is 14.3. The lowest BCUT2D eigenvalue weighted by Crippen LogP contribution is -1.99. The summed E-state index contributed by atoms with van der Waals surface area (Å²) in [7, 11) is 0. The van der Waals surface area contributed by atoms with Crippen molar-refractivity contribution in [2.24, 2.45) is 10.8 Å². The van der Waals surface area contributed by atoms with Crippen LogP contribution in [0.3, 0.4) is 0 Å². The molecule has 1 aliphatic carbocycles. The van der Waals surface area contributed by atoms with E-state index in [2.05, 4.69) is 77.4 Å². The fraction of sp³-hybridized carbons (Fsp3) is 0.652. The van der Waals surface area contributed by atoms with E-state index in [1.165, 1.54) is 31.3 Å². The summed E-state index contributed by atoms with van der Waals surface area (Å²) in [4.78, 5) is 0. The van der Waals surface area contributed by atoms with E-state index in [0.717, 1.165) is 19.3 Å². The minimum absolute atomic E-state index is 0.135. The molecule has 0 radical (unpaired) electrons. The first-order valence-electron chi connectivity index (χ1n) is 9.04. The van der Waals surface area contributed by atoms with E-state index >= 15 is 0 Å². The van der Waals surface area contributed by atoms with Gasteiger partial charge in [0.25, 0.3) is 0 Å². The molecule has 1 aliphatic rings. The summed E-state index contributed by atoms with van der Waals surface area (Å²) in [5, 5.41) is 0. The Hall–Kier alpha value is -1.40. The predicted octanol–water partition coefficient (Wildman–Crippen LogP) is 6.68. The summed E-state index contributed by atoms with van der Waals surface area (Å²) in [6, 6.07) is 0. The highest BCUT2D eigenvalue weighted by atomic mass is 14.1. The van der Waals surface area contributed by atoms with Gasteiger partial charge in [0.2, 0.25) is 0 Å². The number of unbranched alkanes of at least 4 members (excludes halogenated alkanes) is 2. The molecule has 0 saturated carbocycles. The Kier molecular flexibility index (Phi) is 7.72. The van der Waals surface area contributed by atoms with Crippen LogP contribution in [0, 0.1) is 34.5 Å². The molecule has 0 aromatic carbocycles. The Morgan fingerprint density at radius 1 is 0.826 bits per heavy atom. The molecule has 1 rings (SSSR count). The molecule has 0 heterocycles. The molecular weight excluding hydrogens is 276 g/mol. The highest BCUT2D eigenvalue weighted by Crippen LogP contribution is 2.25. The van der Waals surface area contributed by atoms with E-state index in [4.69, 9.17) is 0 Å². The fourth-order valence-corrected chi connectivity index (χ4v) is 2.43. The first kappa shape index (κ1) is 19.6. The zero-order valence-corrected chi connectivity index (χ0v) is 16.1. The molecule has 0 bridgehead atoms. The van der Waals surface area contributed by atoms with Crippen molar-refractivity contribution >= 4 is 0 Å². The molecule has 0 amide bonds. The van der Waals surface area contributed by atoms with Crippen LogP contribution in [0.25, 0.3) is 0 Å². The van der Waals surface area contributed by atoms with Crippen LogP contribution in [0.4, 0.5) is 0 Å². The molecule has 0 unspecified atom stereocenters. The standard InChI is InChI=1S/C23H34/c1-22(2,3)17-11-7-9-13-20-15-16-21(19-20)14-10-8-12-18-23(4,5)6/h15,19H,7-10,13-14,16H2,1-6H3. The Labute approximate surface area is 144 Å². The molecule has 0 heteroatoms. The number of hydrogen-bond donors (Lipinski definition) is 0. The molecule has 0 atom stereocenters. The van der Waals surface area contributed by atoms with Crippen molar-refractivity contribution in [3.8, 4) is 23.7 Å². The van der Waals surface area contributed by atoms with Crippen LogP contribution in [0.5, 0.6) is 0 Å². The van der Waals surface area contributed by atoms with E-state index in [1.807, 2.05) is 0 Å². The smallest absolute Gasteiger partial charge is 0.0230 e. The maximum atomic E-state index is 3.31. The number of hydrogen-bond acceptors (Lipinski definition) is 0. The van der Waals surface area contributed by atoms with E-state index < -0.39 is 0 Å². The third-order valence-corrected chi connectivity index (χ3v) is 3.51. The van der Waals surface area contributed by atoms with Gasteiger partial charge in [-0.05, 0) is 73.6 Å². The first-order chi connectivity index (χ1) is 10.7. The largest absolute Gasteiger partial charge is 0.103 e. The number of allylic oxidation sites excluding steroid dienone is 4. The highest BCUT2D eigenvalue weighted by molar-refractivity contribution is 5.32. The lowest BCUT2D eigenvalue weighted by molar-refractivity contribution is 0.569. The molecule has 0 saturated heterocycles. The van der Waals surface area contributed by atoms with Crippen molar-refractivity contribution in [1.29, 1.82) is 0 Å². The maximum Gasteiger partial charge on any atom is 0.0230 e. The molecule has 0 fully saturated rings. The van der Waals surface area contributed by atoms with Gasteiger partial charge in [0.05, 0.1) is 0 Å². The minimum Gasteiger partial charge on any atom is -0.103 e. The van der Waals surface area contributed by atoms with Crippen LogP contribution in [0.2, 0.25) is 0 Å². The summed E-state index contributed by atoms with van der Waals surface area (Å²) >= 11 is 0. The third-order valence-electron chi connectivity index (χ3n) is 3.51.